The van der Waals surface area contributed by atoms with Gasteiger partial charge in [-0.15, -0.1) is 0 Å². The Hall–Kier alpha value is -1.33. The van der Waals surface area contributed by atoms with Gasteiger partial charge in [-0.05, 0) is 12.1 Å². The number of rotatable bonds is 0. The summed E-state index contributed by atoms with van der Waals surface area (Å²) in [6.07, 6.45) is 0.745. The van der Waals surface area contributed by atoms with Gasteiger partial charge in [0.1, 0.15) is 0 Å². The summed E-state index contributed by atoms with van der Waals surface area (Å²) in [4.78, 5) is 0. The first-order valence-corrected chi connectivity index (χ1v) is 2.64. The minimum absolute atomic E-state index is 0.535. The van der Waals surface area contributed by atoms with E-state index in [0.29, 0.717) is 10.4 Å². The molecule has 1 aromatic rings. The van der Waals surface area contributed by atoms with Crippen molar-refractivity contribution in [3.05, 3.63) is 34.7 Å². The third-order valence-electron chi connectivity index (χ3n) is 1.12. The van der Waals surface area contributed by atoms with E-state index in [-0.39, 0.29) is 0 Å². The fraction of sp³-hybridized carbons (Fsp3) is 0. The summed E-state index contributed by atoms with van der Waals surface area (Å²) in [5, 5.41) is 11.2. The van der Waals surface area contributed by atoms with Crippen molar-refractivity contribution in [2.24, 2.45) is 0 Å². The molecule has 0 heterocycles. The summed E-state index contributed by atoms with van der Waals surface area (Å²) in [6.45, 7) is 5.40. The molecule has 1 rings (SSSR count). The first-order valence-electron chi connectivity index (χ1n) is 2.64. The molecular formula is C8H6O. The molecule has 0 fully saturated rings. The van der Waals surface area contributed by atoms with Crippen LogP contribution in [0.5, 0.6) is 0 Å². The van der Waals surface area contributed by atoms with Crippen LogP contribution in [0.3, 0.4) is 0 Å². The van der Waals surface area contributed by atoms with Crippen molar-refractivity contribution in [1.29, 1.82) is 0 Å². The van der Waals surface area contributed by atoms with Crippen LogP contribution in [0.15, 0.2) is 24.3 Å². The van der Waals surface area contributed by atoms with Crippen molar-refractivity contribution in [2.75, 3.05) is 0 Å². The molecule has 0 radical (unpaired) electrons. The maximum Gasteiger partial charge on any atom is 0.186 e. The summed E-state index contributed by atoms with van der Waals surface area (Å²) in [5.41, 5.74) is 0. The standard InChI is InChI=1S/C8H6O/c1-7-4-2-3-5-8(7)6-9/h1-6H. The highest BCUT2D eigenvalue weighted by molar-refractivity contribution is 5.18. The monoisotopic (exact) mass is 118 g/mol. The largest absolute Gasteiger partial charge is 0.867 e. The lowest BCUT2D eigenvalue weighted by molar-refractivity contribution is -0.229. The molecule has 1 heteroatoms. The van der Waals surface area contributed by atoms with Gasteiger partial charge in [0.2, 0.25) is 0 Å². The van der Waals surface area contributed by atoms with Crippen LogP contribution in [0.2, 0.25) is 0 Å². The Bertz CT molecular complexity index is 288. The number of benzene rings is 1. The van der Waals surface area contributed by atoms with Crippen molar-refractivity contribution in [2.45, 2.75) is 0 Å². The molecule has 44 valence electrons. The van der Waals surface area contributed by atoms with E-state index in [1.807, 2.05) is 0 Å². The van der Waals surface area contributed by atoms with E-state index in [9.17, 15) is 5.11 Å². The van der Waals surface area contributed by atoms with Crippen molar-refractivity contribution >= 4 is 12.8 Å². The van der Waals surface area contributed by atoms with Gasteiger partial charge >= 0.3 is 0 Å². The van der Waals surface area contributed by atoms with Crippen molar-refractivity contribution < 1.29 is 5.11 Å². The van der Waals surface area contributed by atoms with Crippen LogP contribution in [0.25, 0.3) is 12.8 Å². The van der Waals surface area contributed by atoms with Crippen LogP contribution in [0.4, 0.5) is 0 Å². The maximum absolute atomic E-state index is 10.1. The van der Waals surface area contributed by atoms with E-state index >= 15 is 0 Å². The average molecular weight is 118 g/mol. The smallest absolute Gasteiger partial charge is 0.186 e. The summed E-state index contributed by atoms with van der Waals surface area (Å²) in [5.74, 6) is 0. The Morgan fingerprint density at radius 1 is 1.33 bits per heavy atom. The normalized spacial score (nSPS) is 11.7. The minimum Gasteiger partial charge on any atom is -0.867 e. The highest BCUT2D eigenvalue weighted by Crippen LogP contribution is 1.67. The van der Waals surface area contributed by atoms with Gasteiger partial charge in [0.15, 0.2) is 5.22 Å². The molecule has 0 aliphatic heterocycles. The molecule has 0 aliphatic rings. The fourth-order valence-electron chi connectivity index (χ4n) is 0.618. The van der Waals surface area contributed by atoms with Crippen LogP contribution in [-0.2, 0) is 0 Å². The summed E-state index contributed by atoms with van der Waals surface area (Å²) in [6, 6.07) is 6.95. The summed E-state index contributed by atoms with van der Waals surface area (Å²) < 4.78 is 0. The second-order valence-corrected chi connectivity index (χ2v) is 1.75. The van der Waals surface area contributed by atoms with Crippen LogP contribution in [-0.4, -0.2) is 0 Å². The Morgan fingerprint density at radius 2 is 2.00 bits per heavy atom. The van der Waals surface area contributed by atoms with Crippen molar-refractivity contribution in [3.63, 3.8) is 0 Å². The summed E-state index contributed by atoms with van der Waals surface area (Å²) >= 11 is 0. The van der Waals surface area contributed by atoms with E-state index in [1.165, 1.54) is 0 Å². The lowest BCUT2D eigenvalue weighted by atomic mass is 10.3. The lowest BCUT2D eigenvalue weighted by Gasteiger charge is -1.81. The number of hydrogen-bond acceptors (Lipinski definition) is 1. The highest BCUT2D eigenvalue weighted by Gasteiger charge is 1.83. The van der Waals surface area contributed by atoms with Gasteiger partial charge in [0.25, 0.3) is 0 Å². The SMILES string of the molecule is [CH+]=c1ccccc1=C[O-]. The Balaban J connectivity index is 3.53. The van der Waals surface area contributed by atoms with Crippen LogP contribution in [0, 0.1) is 0 Å². The first kappa shape index (κ1) is 5.80. The van der Waals surface area contributed by atoms with E-state index in [1.54, 1.807) is 24.3 Å². The first-order chi connectivity index (χ1) is 4.34. The number of hydrogen-bond donors (Lipinski definition) is 0. The Kier molecular flexibility index (Phi) is 1.48. The molecule has 0 spiro atoms. The molecule has 0 saturated carbocycles. The van der Waals surface area contributed by atoms with E-state index < -0.39 is 0 Å². The molecule has 0 aromatic heterocycles. The van der Waals surface area contributed by atoms with E-state index in [0.717, 1.165) is 6.26 Å². The fourth-order valence-corrected chi connectivity index (χ4v) is 0.618. The van der Waals surface area contributed by atoms with Gasteiger partial charge in [0.05, 0.1) is 11.3 Å². The average Bonchev–Trinajstić information content (AvgIpc) is 1.89. The van der Waals surface area contributed by atoms with Gasteiger partial charge in [-0.25, -0.2) is 0 Å². The van der Waals surface area contributed by atoms with Gasteiger partial charge in [-0.3, -0.25) is 0 Å². The molecule has 9 heavy (non-hydrogen) atoms. The Labute approximate surface area is 53.6 Å². The Morgan fingerprint density at radius 3 is 2.44 bits per heavy atom. The molecule has 0 atom stereocenters. The van der Waals surface area contributed by atoms with Gasteiger partial charge in [-0.1, -0.05) is 6.26 Å². The molecule has 0 N–H and O–H groups in total. The third kappa shape index (κ3) is 1.07. The third-order valence-corrected chi connectivity index (χ3v) is 1.12. The predicted molar refractivity (Wildman–Crippen MR) is 34.6 cm³/mol. The van der Waals surface area contributed by atoms with E-state index in [2.05, 4.69) is 0 Å². The topological polar surface area (TPSA) is 23.1 Å². The highest BCUT2D eigenvalue weighted by atomic mass is 16.2. The van der Waals surface area contributed by atoms with E-state index in [4.69, 9.17) is 6.58 Å². The quantitative estimate of drug-likeness (QED) is 0.404. The summed E-state index contributed by atoms with van der Waals surface area (Å²) in [7, 11) is 0. The zero-order valence-electron chi connectivity index (χ0n) is 4.87. The van der Waals surface area contributed by atoms with Gasteiger partial charge in [0, 0.05) is 12.6 Å². The second kappa shape index (κ2) is 2.29. The molecule has 0 amide bonds. The maximum atomic E-state index is 10.1. The molecule has 0 aliphatic carbocycles. The zero-order valence-corrected chi connectivity index (χ0v) is 4.87. The van der Waals surface area contributed by atoms with Crippen LogP contribution in [0.1, 0.15) is 0 Å². The molecule has 0 unspecified atom stereocenters. The zero-order chi connectivity index (χ0) is 6.69. The molecule has 0 bridgehead atoms. The predicted octanol–water partition coefficient (Wildman–Crippen LogP) is -0.928. The van der Waals surface area contributed by atoms with Gasteiger partial charge < -0.3 is 5.11 Å². The lowest BCUT2D eigenvalue weighted by Crippen LogP contribution is -2.24. The molecular weight excluding hydrogens is 112 g/mol. The molecule has 1 nitrogen and oxygen atoms in total. The van der Waals surface area contributed by atoms with Gasteiger partial charge in [-0.2, -0.15) is 0 Å². The second-order valence-electron chi connectivity index (χ2n) is 1.75. The molecule has 1 aromatic carbocycles. The van der Waals surface area contributed by atoms with Crippen molar-refractivity contribution in [1.82, 2.24) is 0 Å². The van der Waals surface area contributed by atoms with Crippen LogP contribution >= 0.6 is 0 Å². The molecule has 0 saturated heterocycles. The minimum atomic E-state index is 0.535. The van der Waals surface area contributed by atoms with Crippen LogP contribution < -0.4 is 15.5 Å². The van der Waals surface area contributed by atoms with Crippen molar-refractivity contribution in [3.8, 4) is 0 Å².